The highest BCUT2D eigenvalue weighted by Crippen LogP contribution is 2.36. The van der Waals surface area contributed by atoms with Gasteiger partial charge in [0.1, 0.15) is 0 Å². The maximum Gasteiger partial charge on any atom is 0.243 e. The van der Waals surface area contributed by atoms with Crippen molar-refractivity contribution >= 4 is 10.0 Å². The standard InChI is InChI=1S/C16H26N2O2S/c1-13(15-8-9-15)18(3)21(19,20)16-10-6-14(7-11-16)5-4-12-17-2/h6-7,10-11,13,15,17H,4-5,8-9,12H2,1-3H3. The molecule has 5 heteroatoms. The van der Waals surface area contributed by atoms with Crippen molar-refractivity contribution in [1.29, 1.82) is 0 Å². The Bertz CT molecular complexity index is 550. The molecule has 0 amide bonds. The number of sulfonamides is 1. The van der Waals surface area contributed by atoms with E-state index in [1.807, 2.05) is 26.1 Å². The SMILES string of the molecule is CNCCCc1ccc(S(=O)(=O)N(C)C(C)C2CC2)cc1. The Balaban J connectivity index is 2.05. The minimum absolute atomic E-state index is 0.0882. The molecule has 2 rings (SSSR count). The third-order valence-corrected chi connectivity index (χ3v) is 6.33. The summed E-state index contributed by atoms with van der Waals surface area (Å²) in [5, 5.41) is 3.11. The van der Waals surface area contributed by atoms with Gasteiger partial charge in [0.2, 0.25) is 10.0 Å². The first-order valence-electron chi connectivity index (χ1n) is 7.68. The first-order chi connectivity index (χ1) is 9.96. The molecule has 1 unspecified atom stereocenters. The van der Waals surface area contributed by atoms with Crippen molar-refractivity contribution in [1.82, 2.24) is 9.62 Å². The van der Waals surface area contributed by atoms with Gasteiger partial charge in [0.15, 0.2) is 0 Å². The minimum Gasteiger partial charge on any atom is -0.320 e. The van der Waals surface area contributed by atoms with Crippen LogP contribution in [-0.4, -0.2) is 39.4 Å². The van der Waals surface area contributed by atoms with Crippen molar-refractivity contribution < 1.29 is 8.42 Å². The molecule has 0 spiro atoms. The lowest BCUT2D eigenvalue weighted by atomic mass is 10.1. The van der Waals surface area contributed by atoms with Crippen molar-refractivity contribution in [2.45, 2.75) is 43.5 Å². The highest BCUT2D eigenvalue weighted by atomic mass is 32.2. The largest absolute Gasteiger partial charge is 0.320 e. The molecule has 1 atom stereocenters. The van der Waals surface area contributed by atoms with E-state index in [1.165, 1.54) is 9.87 Å². The molecule has 0 bridgehead atoms. The first kappa shape index (κ1) is 16.5. The van der Waals surface area contributed by atoms with Gasteiger partial charge in [-0.1, -0.05) is 12.1 Å². The maximum absolute atomic E-state index is 12.6. The van der Waals surface area contributed by atoms with Crippen molar-refractivity contribution in [2.75, 3.05) is 20.6 Å². The summed E-state index contributed by atoms with van der Waals surface area (Å²) in [5.74, 6) is 0.533. The van der Waals surface area contributed by atoms with E-state index in [-0.39, 0.29) is 6.04 Å². The molecule has 0 aliphatic heterocycles. The van der Waals surface area contributed by atoms with Gasteiger partial charge in [0, 0.05) is 13.1 Å². The van der Waals surface area contributed by atoms with Crippen LogP contribution in [0.1, 0.15) is 31.7 Å². The van der Waals surface area contributed by atoms with Gasteiger partial charge < -0.3 is 5.32 Å². The van der Waals surface area contributed by atoms with E-state index in [4.69, 9.17) is 0 Å². The Labute approximate surface area is 128 Å². The van der Waals surface area contributed by atoms with E-state index in [0.717, 1.165) is 32.2 Å². The molecule has 1 fully saturated rings. The molecular weight excluding hydrogens is 284 g/mol. The Kier molecular flexibility index (Phi) is 5.41. The van der Waals surface area contributed by atoms with E-state index in [2.05, 4.69) is 5.32 Å². The lowest BCUT2D eigenvalue weighted by Gasteiger charge is -2.24. The molecule has 1 aromatic rings. The first-order valence-corrected chi connectivity index (χ1v) is 9.12. The van der Waals surface area contributed by atoms with E-state index < -0.39 is 10.0 Å². The van der Waals surface area contributed by atoms with E-state index in [1.54, 1.807) is 19.2 Å². The highest BCUT2D eigenvalue weighted by molar-refractivity contribution is 7.89. The minimum atomic E-state index is -3.36. The van der Waals surface area contributed by atoms with E-state index in [0.29, 0.717) is 10.8 Å². The number of aryl methyl sites for hydroxylation is 1. The van der Waals surface area contributed by atoms with E-state index >= 15 is 0 Å². The third kappa shape index (κ3) is 4.05. The fraction of sp³-hybridized carbons (Fsp3) is 0.625. The Morgan fingerprint density at radius 3 is 2.43 bits per heavy atom. The molecule has 1 aliphatic carbocycles. The van der Waals surface area contributed by atoms with Crippen LogP contribution in [0.2, 0.25) is 0 Å². The van der Waals surface area contributed by atoms with Crippen molar-refractivity contribution in [3.8, 4) is 0 Å². The summed E-state index contributed by atoms with van der Waals surface area (Å²) >= 11 is 0. The second-order valence-corrected chi connectivity index (χ2v) is 7.95. The molecule has 1 aliphatic rings. The van der Waals surface area contributed by atoms with Gasteiger partial charge in [-0.15, -0.1) is 0 Å². The smallest absolute Gasteiger partial charge is 0.243 e. The zero-order valence-corrected chi connectivity index (χ0v) is 14.0. The van der Waals surface area contributed by atoms with Crippen LogP contribution < -0.4 is 5.32 Å². The summed E-state index contributed by atoms with van der Waals surface area (Å²) in [4.78, 5) is 0.398. The zero-order chi connectivity index (χ0) is 15.5. The quantitative estimate of drug-likeness (QED) is 0.749. The number of nitrogens with zero attached hydrogens (tertiary/aromatic N) is 1. The van der Waals surface area contributed by atoms with Gasteiger partial charge in [-0.3, -0.25) is 0 Å². The van der Waals surface area contributed by atoms with Crippen molar-refractivity contribution in [3.63, 3.8) is 0 Å². The lowest BCUT2D eigenvalue weighted by molar-refractivity contribution is 0.357. The van der Waals surface area contributed by atoms with Crippen LogP contribution in [0.5, 0.6) is 0 Å². The monoisotopic (exact) mass is 310 g/mol. The van der Waals surface area contributed by atoms with Crippen LogP contribution in [0.15, 0.2) is 29.2 Å². The van der Waals surface area contributed by atoms with Gasteiger partial charge in [-0.2, -0.15) is 4.31 Å². The van der Waals surface area contributed by atoms with Crippen LogP contribution in [0.4, 0.5) is 0 Å². The molecule has 1 saturated carbocycles. The average molecular weight is 310 g/mol. The van der Waals surface area contributed by atoms with Gasteiger partial charge in [-0.25, -0.2) is 8.42 Å². The third-order valence-electron chi connectivity index (χ3n) is 4.37. The summed E-state index contributed by atoms with van der Waals surface area (Å²) in [7, 11) is 0.266. The summed E-state index contributed by atoms with van der Waals surface area (Å²) in [6, 6.07) is 7.42. The maximum atomic E-state index is 12.6. The summed E-state index contributed by atoms with van der Waals surface area (Å²) < 4.78 is 26.7. The fourth-order valence-electron chi connectivity index (χ4n) is 2.56. The van der Waals surface area contributed by atoms with Crippen LogP contribution in [-0.2, 0) is 16.4 Å². The molecule has 21 heavy (non-hydrogen) atoms. The topological polar surface area (TPSA) is 49.4 Å². The predicted molar refractivity (Wildman–Crippen MR) is 85.8 cm³/mol. The second-order valence-electron chi connectivity index (χ2n) is 5.95. The number of hydrogen-bond acceptors (Lipinski definition) is 3. The second kappa shape index (κ2) is 6.90. The number of nitrogens with one attached hydrogen (secondary N) is 1. The molecule has 1 aromatic carbocycles. The lowest BCUT2D eigenvalue weighted by Crippen LogP contribution is -2.36. The van der Waals surface area contributed by atoms with Crippen molar-refractivity contribution in [2.24, 2.45) is 5.92 Å². The molecule has 0 aromatic heterocycles. The van der Waals surface area contributed by atoms with Crippen molar-refractivity contribution in [3.05, 3.63) is 29.8 Å². The predicted octanol–water partition coefficient (Wildman–Crippen LogP) is 2.26. The van der Waals surface area contributed by atoms with Gasteiger partial charge >= 0.3 is 0 Å². The fourth-order valence-corrected chi connectivity index (χ4v) is 3.98. The summed E-state index contributed by atoms with van der Waals surface area (Å²) in [6.45, 7) is 2.98. The summed E-state index contributed by atoms with van der Waals surface area (Å²) in [6.07, 6.45) is 4.31. The Morgan fingerprint density at radius 1 is 1.29 bits per heavy atom. The average Bonchev–Trinajstić information content (AvgIpc) is 3.31. The number of hydrogen-bond donors (Lipinski definition) is 1. The Hall–Kier alpha value is -0.910. The molecule has 0 radical (unpaired) electrons. The van der Waals surface area contributed by atoms with Crippen LogP contribution in [0, 0.1) is 5.92 Å². The highest BCUT2D eigenvalue weighted by Gasteiger charge is 2.35. The molecule has 1 N–H and O–H groups in total. The van der Waals surface area contributed by atoms with Gasteiger partial charge in [0.05, 0.1) is 4.90 Å². The van der Waals surface area contributed by atoms with E-state index in [9.17, 15) is 8.42 Å². The molecule has 0 heterocycles. The zero-order valence-electron chi connectivity index (χ0n) is 13.2. The van der Waals surface area contributed by atoms with Gasteiger partial charge in [0.25, 0.3) is 0 Å². The molecule has 118 valence electrons. The molecule has 4 nitrogen and oxygen atoms in total. The molecular formula is C16H26N2O2S. The number of rotatable bonds is 8. The molecule has 0 saturated heterocycles. The van der Waals surface area contributed by atoms with Crippen LogP contribution in [0.25, 0.3) is 0 Å². The van der Waals surface area contributed by atoms with Crippen LogP contribution in [0.3, 0.4) is 0 Å². The Morgan fingerprint density at radius 2 is 1.90 bits per heavy atom. The number of benzene rings is 1. The van der Waals surface area contributed by atoms with Gasteiger partial charge in [-0.05, 0) is 69.8 Å². The summed E-state index contributed by atoms with van der Waals surface area (Å²) in [5.41, 5.74) is 1.18. The van der Waals surface area contributed by atoms with Crippen LogP contribution >= 0.6 is 0 Å². The normalized spacial score (nSPS) is 17.1.